The first-order valence-corrected chi connectivity index (χ1v) is 10.7. The number of rotatable bonds is 4. The van der Waals surface area contributed by atoms with Crippen LogP contribution < -0.4 is 10.7 Å². The minimum Gasteiger partial charge on any atom is -0.352 e. The van der Waals surface area contributed by atoms with E-state index in [4.69, 9.17) is 0 Å². The molecule has 1 aromatic heterocycles. The summed E-state index contributed by atoms with van der Waals surface area (Å²) in [5, 5.41) is 4.38. The van der Waals surface area contributed by atoms with Gasteiger partial charge in [-0.05, 0) is 49.9 Å². The van der Waals surface area contributed by atoms with Gasteiger partial charge in [-0.1, -0.05) is 24.3 Å². The van der Waals surface area contributed by atoms with Crippen LogP contribution in [0.3, 0.4) is 0 Å². The van der Waals surface area contributed by atoms with E-state index < -0.39 is 0 Å². The maximum atomic E-state index is 12.9. The maximum Gasteiger partial charge on any atom is 0.240 e. The Balaban J connectivity index is 1.34. The lowest BCUT2D eigenvalue weighted by atomic mass is 10.0. The van der Waals surface area contributed by atoms with Crippen LogP contribution in [0.4, 0.5) is 0 Å². The van der Waals surface area contributed by atoms with Crippen LogP contribution in [0.25, 0.3) is 21.8 Å². The predicted molar refractivity (Wildman–Crippen MR) is 116 cm³/mol. The quantitative estimate of drug-likeness (QED) is 0.681. The maximum absolute atomic E-state index is 12.9. The summed E-state index contributed by atoms with van der Waals surface area (Å²) in [6.07, 6.45) is 3.62. The number of piperidine rings is 1. The van der Waals surface area contributed by atoms with E-state index in [1.54, 1.807) is 0 Å². The van der Waals surface area contributed by atoms with Crippen molar-refractivity contribution in [2.75, 3.05) is 13.1 Å². The highest BCUT2D eigenvalue weighted by Gasteiger charge is 2.35. The molecule has 6 heteroatoms. The second-order valence-corrected chi connectivity index (χ2v) is 8.39. The zero-order valence-electron chi connectivity index (χ0n) is 16.8. The van der Waals surface area contributed by atoms with Crippen molar-refractivity contribution in [1.82, 2.24) is 14.8 Å². The normalized spacial score (nSPS) is 17.4. The smallest absolute Gasteiger partial charge is 0.240 e. The van der Waals surface area contributed by atoms with Crippen LogP contribution in [0.5, 0.6) is 0 Å². The number of fused-ring (bicyclic) bond motifs is 2. The van der Waals surface area contributed by atoms with Gasteiger partial charge in [0, 0.05) is 35.8 Å². The first-order chi connectivity index (χ1) is 14.6. The lowest BCUT2D eigenvalue weighted by Gasteiger charge is -2.32. The molecule has 1 aliphatic heterocycles. The average molecular weight is 403 g/mol. The Hall–Kier alpha value is -3.15. The molecule has 3 aromatic rings. The summed E-state index contributed by atoms with van der Waals surface area (Å²) in [6, 6.07) is 14.9. The van der Waals surface area contributed by atoms with E-state index in [1.807, 2.05) is 58.0 Å². The monoisotopic (exact) mass is 403 g/mol. The van der Waals surface area contributed by atoms with Crippen molar-refractivity contribution in [3.05, 3.63) is 58.8 Å². The van der Waals surface area contributed by atoms with Gasteiger partial charge in [0.2, 0.25) is 11.8 Å². The molecule has 1 saturated carbocycles. The Morgan fingerprint density at radius 3 is 2.00 bits per heavy atom. The fourth-order valence-corrected chi connectivity index (χ4v) is 4.50. The molecule has 2 heterocycles. The van der Waals surface area contributed by atoms with Gasteiger partial charge in [-0.15, -0.1) is 0 Å². The number of likely N-dealkylation sites (tertiary alicyclic amines) is 1. The van der Waals surface area contributed by atoms with E-state index in [1.165, 1.54) is 0 Å². The van der Waals surface area contributed by atoms with Crippen molar-refractivity contribution >= 4 is 33.6 Å². The Labute approximate surface area is 174 Å². The van der Waals surface area contributed by atoms with E-state index >= 15 is 0 Å². The van der Waals surface area contributed by atoms with Crippen LogP contribution in [0.2, 0.25) is 0 Å². The van der Waals surface area contributed by atoms with Gasteiger partial charge in [0.05, 0.1) is 11.0 Å². The summed E-state index contributed by atoms with van der Waals surface area (Å²) >= 11 is 0. The predicted octanol–water partition coefficient (Wildman–Crippen LogP) is 2.67. The van der Waals surface area contributed by atoms with Crippen LogP contribution in [0.1, 0.15) is 25.7 Å². The van der Waals surface area contributed by atoms with Crippen LogP contribution in [-0.4, -0.2) is 40.4 Å². The van der Waals surface area contributed by atoms with Gasteiger partial charge >= 0.3 is 0 Å². The highest BCUT2D eigenvalue weighted by atomic mass is 16.2. The van der Waals surface area contributed by atoms with E-state index in [0.29, 0.717) is 23.9 Å². The highest BCUT2D eigenvalue weighted by molar-refractivity contribution is 5.94. The van der Waals surface area contributed by atoms with Crippen molar-refractivity contribution in [2.24, 2.45) is 5.92 Å². The average Bonchev–Trinajstić information content (AvgIpc) is 3.62. The molecule has 2 aromatic carbocycles. The number of carbonyl (C=O) groups is 2. The Morgan fingerprint density at radius 2 is 1.43 bits per heavy atom. The molecule has 1 N–H and O–H groups in total. The molecule has 6 nitrogen and oxygen atoms in total. The molecule has 2 amide bonds. The van der Waals surface area contributed by atoms with Crippen molar-refractivity contribution in [3.63, 3.8) is 0 Å². The molecule has 0 radical (unpaired) electrons. The van der Waals surface area contributed by atoms with Crippen LogP contribution in [-0.2, 0) is 16.1 Å². The molecule has 5 rings (SSSR count). The number of aromatic nitrogens is 1. The third-order valence-electron chi connectivity index (χ3n) is 6.28. The summed E-state index contributed by atoms with van der Waals surface area (Å²) in [5.41, 5.74) is 1.52. The number of nitrogens with zero attached hydrogens (tertiary/aromatic N) is 2. The third-order valence-corrected chi connectivity index (χ3v) is 6.28. The summed E-state index contributed by atoms with van der Waals surface area (Å²) in [5.74, 6) is 0.463. The van der Waals surface area contributed by atoms with Gasteiger partial charge < -0.3 is 14.8 Å². The van der Waals surface area contributed by atoms with Gasteiger partial charge in [-0.2, -0.15) is 0 Å². The molecular weight excluding hydrogens is 378 g/mol. The number of amides is 2. The lowest BCUT2D eigenvalue weighted by Crippen LogP contribution is -2.47. The van der Waals surface area contributed by atoms with Crippen LogP contribution >= 0.6 is 0 Å². The van der Waals surface area contributed by atoms with Crippen molar-refractivity contribution in [3.8, 4) is 0 Å². The molecule has 2 aliphatic rings. The molecule has 30 heavy (non-hydrogen) atoms. The first kappa shape index (κ1) is 18.9. The van der Waals surface area contributed by atoms with E-state index in [-0.39, 0.29) is 35.7 Å². The molecule has 0 atom stereocenters. The van der Waals surface area contributed by atoms with E-state index in [9.17, 15) is 14.4 Å². The first-order valence-electron chi connectivity index (χ1n) is 10.7. The summed E-state index contributed by atoms with van der Waals surface area (Å²) in [7, 11) is 0. The highest BCUT2D eigenvalue weighted by Crippen LogP contribution is 2.31. The number of nitrogens with one attached hydrogen (secondary N) is 1. The second-order valence-electron chi connectivity index (χ2n) is 8.39. The summed E-state index contributed by atoms with van der Waals surface area (Å²) in [4.78, 5) is 39.9. The van der Waals surface area contributed by atoms with Crippen LogP contribution in [0.15, 0.2) is 53.3 Å². The molecule has 1 aliphatic carbocycles. The zero-order valence-corrected chi connectivity index (χ0v) is 16.8. The number of benzene rings is 2. The fourth-order valence-electron chi connectivity index (χ4n) is 4.50. The minimum atomic E-state index is -0.0686. The minimum absolute atomic E-state index is 0.00874. The molecule has 0 spiro atoms. The molecule has 2 fully saturated rings. The second kappa shape index (κ2) is 7.59. The summed E-state index contributed by atoms with van der Waals surface area (Å²) in [6.45, 7) is 1.58. The number of para-hydroxylation sites is 2. The number of hydrogen-bond donors (Lipinski definition) is 1. The molecule has 0 bridgehead atoms. The van der Waals surface area contributed by atoms with Crippen LogP contribution in [0, 0.1) is 5.92 Å². The van der Waals surface area contributed by atoms with Crippen molar-refractivity contribution < 1.29 is 9.59 Å². The van der Waals surface area contributed by atoms with Crippen molar-refractivity contribution in [2.45, 2.75) is 38.3 Å². The topological polar surface area (TPSA) is 71.4 Å². The largest absolute Gasteiger partial charge is 0.352 e. The van der Waals surface area contributed by atoms with Crippen molar-refractivity contribution in [1.29, 1.82) is 0 Å². The zero-order chi connectivity index (χ0) is 20.7. The van der Waals surface area contributed by atoms with Gasteiger partial charge in [0.15, 0.2) is 5.43 Å². The third kappa shape index (κ3) is 3.47. The number of pyridine rings is 1. The Bertz CT molecular complexity index is 1130. The van der Waals surface area contributed by atoms with Gasteiger partial charge in [0.1, 0.15) is 6.54 Å². The molecule has 1 saturated heterocycles. The number of carbonyl (C=O) groups excluding carboxylic acids is 2. The van der Waals surface area contributed by atoms with Gasteiger partial charge in [-0.25, -0.2) is 0 Å². The van der Waals surface area contributed by atoms with E-state index in [2.05, 4.69) is 5.32 Å². The number of hydrogen-bond acceptors (Lipinski definition) is 3. The lowest BCUT2D eigenvalue weighted by molar-refractivity contribution is -0.133. The molecule has 154 valence electrons. The Morgan fingerprint density at radius 1 is 0.867 bits per heavy atom. The Kier molecular flexibility index (Phi) is 4.77. The van der Waals surface area contributed by atoms with Gasteiger partial charge in [-0.3, -0.25) is 14.4 Å². The fraction of sp³-hybridized carbons (Fsp3) is 0.375. The molecular formula is C24H25N3O3. The van der Waals surface area contributed by atoms with E-state index in [0.717, 1.165) is 36.7 Å². The summed E-state index contributed by atoms with van der Waals surface area (Å²) < 4.78 is 1.92. The SMILES string of the molecule is O=C(Cn1c2ccccc2c(=O)c2ccccc21)NC1CCN(C(=O)C2CC2)CC1. The molecule has 0 unspecified atom stereocenters. The standard InChI is InChI=1S/C24H25N3O3/c28-22(25-17-11-13-26(14-12-17)24(30)16-9-10-16)15-27-20-7-3-1-5-18(20)23(29)19-6-2-4-8-21(19)27/h1-8,16-17H,9-15H2,(H,25,28). The van der Waals surface area contributed by atoms with Gasteiger partial charge in [0.25, 0.3) is 0 Å².